The third kappa shape index (κ3) is 4.56. The molecule has 0 aliphatic carbocycles. The van der Waals surface area contributed by atoms with Gasteiger partial charge in [0.1, 0.15) is 12.4 Å². The van der Waals surface area contributed by atoms with Gasteiger partial charge in [-0.05, 0) is 42.7 Å². The fourth-order valence-electron chi connectivity index (χ4n) is 2.58. The highest BCUT2D eigenvalue weighted by molar-refractivity contribution is 7.89. The van der Waals surface area contributed by atoms with E-state index < -0.39 is 10.0 Å². The number of para-hydroxylation sites is 1. The molecule has 24 heavy (non-hydrogen) atoms. The molecule has 1 saturated heterocycles. The lowest BCUT2D eigenvalue weighted by molar-refractivity contribution is 0.114. The van der Waals surface area contributed by atoms with Crippen LogP contribution in [0.5, 0.6) is 5.75 Å². The normalized spacial score (nSPS) is 17.8. The number of benzene rings is 2. The molecule has 3 rings (SSSR count). The molecule has 0 radical (unpaired) electrons. The fraction of sp³-hybridized carbons (Fsp3) is 0.333. The molecule has 0 aromatic heterocycles. The van der Waals surface area contributed by atoms with Gasteiger partial charge in [-0.3, -0.25) is 0 Å². The van der Waals surface area contributed by atoms with Crippen LogP contribution >= 0.6 is 0 Å². The highest BCUT2D eigenvalue weighted by Crippen LogP contribution is 2.16. The van der Waals surface area contributed by atoms with Gasteiger partial charge in [0, 0.05) is 13.2 Å². The number of hydrogen-bond acceptors (Lipinski definition) is 4. The van der Waals surface area contributed by atoms with E-state index in [0.717, 1.165) is 24.2 Å². The van der Waals surface area contributed by atoms with E-state index in [9.17, 15) is 8.42 Å². The molecule has 1 heterocycles. The van der Waals surface area contributed by atoms with Crippen molar-refractivity contribution in [3.63, 3.8) is 0 Å². The summed E-state index contributed by atoms with van der Waals surface area (Å²) in [5, 5.41) is 0. The van der Waals surface area contributed by atoms with Gasteiger partial charge in [-0.25, -0.2) is 13.1 Å². The van der Waals surface area contributed by atoms with Crippen LogP contribution in [0.25, 0.3) is 0 Å². The highest BCUT2D eigenvalue weighted by atomic mass is 32.2. The summed E-state index contributed by atoms with van der Waals surface area (Å²) in [6.07, 6.45) is 1.86. The molecule has 5 nitrogen and oxygen atoms in total. The van der Waals surface area contributed by atoms with Crippen LogP contribution in [-0.4, -0.2) is 27.7 Å². The van der Waals surface area contributed by atoms with Crippen LogP contribution in [0.2, 0.25) is 0 Å². The van der Waals surface area contributed by atoms with Gasteiger partial charge in [-0.2, -0.15) is 0 Å². The minimum Gasteiger partial charge on any atom is -0.489 e. The van der Waals surface area contributed by atoms with E-state index in [1.165, 1.54) is 0 Å². The summed E-state index contributed by atoms with van der Waals surface area (Å²) in [5.41, 5.74) is 0.804. The monoisotopic (exact) mass is 347 g/mol. The maximum absolute atomic E-state index is 12.4. The van der Waals surface area contributed by atoms with E-state index in [-0.39, 0.29) is 11.0 Å². The standard InChI is InChI=1S/C18H21NO4S/c20-24(21,19-13-17-9-5-11-22-17)18-10-4-6-15(12-18)14-23-16-7-2-1-3-8-16/h1-4,6-8,10,12,17,19H,5,9,11,13-14H2/t17-/m0/s1. The van der Waals surface area contributed by atoms with Gasteiger partial charge in [0.15, 0.2) is 0 Å². The predicted molar refractivity (Wildman–Crippen MR) is 91.4 cm³/mol. The van der Waals surface area contributed by atoms with Gasteiger partial charge in [0.05, 0.1) is 11.0 Å². The van der Waals surface area contributed by atoms with Gasteiger partial charge in [0.2, 0.25) is 10.0 Å². The molecule has 1 aliphatic heterocycles. The van der Waals surface area contributed by atoms with Crippen molar-refractivity contribution in [1.82, 2.24) is 4.72 Å². The van der Waals surface area contributed by atoms with Gasteiger partial charge in [-0.15, -0.1) is 0 Å². The van der Waals surface area contributed by atoms with E-state index in [4.69, 9.17) is 9.47 Å². The van der Waals surface area contributed by atoms with Crippen LogP contribution in [0.4, 0.5) is 0 Å². The Kier molecular flexibility index (Phi) is 5.50. The number of hydrogen-bond donors (Lipinski definition) is 1. The van der Waals surface area contributed by atoms with E-state index in [1.807, 2.05) is 36.4 Å². The van der Waals surface area contributed by atoms with Gasteiger partial charge in [0.25, 0.3) is 0 Å². The second kappa shape index (κ2) is 7.79. The lowest BCUT2D eigenvalue weighted by Gasteiger charge is -2.12. The van der Waals surface area contributed by atoms with Gasteiger partial charge in [-0.1, -0.05) is 30.3 Å². The first-order valence-corrected chi connectivity index (χ1v) is 9.50. The first kappa shape index (κ1) is 17.0. The average molecular weight is 347 g/mol. The molecule has 1 N–H and O–H groups in total. The molecule has 2 aromatic rings. The second-order valence-corrected chi connectivity index (χ2v) is 7.50. The van der Waals surface area contributed by atoms with Crippen molar-refractivity contribution < 1.29 is 17.9 Å². The molecule has 0 saturated carbocycles. The quantitative estimate of drug-likeness (QED) is 0.836. The molecular weight excluding hydrogens is 326 g/mol. The third-order valence-electron chi connectivity index (χ3n) is 3.88. The summed E-state index contributed by atoms with van der Waals surface area (Å²) < 4.78 is 38.6. The Bertz CT molecular complexity index is 756. The Morgan fingerprint density at radius 1 is 1.12 bits per heavy atom. The van der Waals surface area contributed by atoms with Crippen molar-refractivity contribution in [2.75, 3.05) is 13.2 Å². The summed E-state index contributed by atoms with van der Waals surface area (Å²) in [6, 6.07) is 16.2. The molecule has 6 heteroatoms. The van der Waals surface area contributed by atoms with Crippen LogP contribution in [0, 0.1) is 0 Å². The molecular formula is C18H21NO4S. The molecule has 1 fully saturated rings. The number of nitrogens with one attached hydrogen (secondary N) is 1. The number of sulfonamides is 1. The zero-order valence-electron chi connectivity index (χ0n) is 13.4. The Hall–Kier alpha value is -1.89. The Balaban J connectivity index is 1.62. The van der Waals surface area contributed by atoms with E-state index >= 15 is 0 Å². The van der Waals surface area contributed by atoms with E-state index in [2.05, 4.69) is 4.72 Å². The zero-order valence-corrected chi connectivity index (χ0v) is 14.2. The first-order chi connectivity index (χ1) is 11.6. The average Bonchev–Trinajstić information content (AvgIpc) is 3.13. The molecule has 0 bridgehead atoms. The summed E-state index contributed by atoms with van der Waals surface area (Å²) in [7, 11) is -3.54. The second-order valence-electron chi connectivity index (χ2n) is 5.74. The smallest absolute Gasteiger partial charge is 0.240 e. The lowest BCUT2D eigenvalue weighted by Crippen LogP contribution is -2.31. The van der Waals surface area contributed by atoms with Crippen LogP contribution < -0.4 is 9.46 Å². The van der Waals surface area contributed by atoms with Crippen molar-refractivity contribution in [2.45, 2.75) is 30.4 Å². The van der Waals surface area contributed by atoms with Crippen molar-refractivity contribution in [2.24, 2.45) is 0 Å². The van der Waals surface area contributed by atoms with Gasteiger partial charge < -0.3 is 9.47 Å². The molecule has 1 atom stereocenters. The number of ether oxygens (including phenoxy) is 2. The van der Waals surface area contributed by atoms with Crippen LogP contribution in [-0.2, 0) is 21.4 Å². The summed E-state index contributed by atoms with van der Waals surface area (Å²) in [5.74, 6) is 0.752. The third-order valence-corrected chi connectivity index (χ3v) is 5.30. The summed E-state index contributed by atoms with van der Waals surface area (Å²) >= 11 is 0. The Morgan fingerprint density at radius 3 is 2.71 bits per heavy atom. The van der Waals surface area contributed by atoms with Crippen LogP contribution in [0.1, 0.15) is 18.4 Å². The molecule has 0 unspecified atom stereocenters. The van der Waals surface area contributed by atoms with Gasteiger partial charge >= 0.3 is 0 Å². The van der Waals surface area contributed by atoms with E-state index in [1.54, 1.807) is 18.2 Å². The Labute approximate surface area is 142 Å². The highest BCUT2D eigenvalue weighted by Gasteiger charge is 2.20. The first-order valence-electron chi connectivity index (χ1n) is 8.01. The minimum absolute atomic E-state index is 0.0237. The molecule has 0 spiro atoms. The minimum atomic E-state index is -3.54. The fourth-order valence-corrected chi connectivity index (χ4v) is 3.71. The Morgan fingerprint density at radius 2 is 1.96 bits per heavy atom. The molecule has 0 amide bonds. The van der Waals surface area contributed by atoms with Crippen molar-refractivity contribution in [3.8, 4) is 5.75 Å². The topological polar surface area (TPSA) is 64.6 Å². The molecule has 128 valence electrons. The maximum atomic E-state index is 12.4. The zero-order chi connectivity index (χ0) is 16.8. The van der Waals surface area contributed by atoms with Crippen molar-refractivity contribution in [3.05, 3.63) is 60.2 Å². The van der Waals surface area contributed by atoms with Crippen LogP contribution in [0.3, 0.4) is 0 Å². The molecule has 2 aromatic carbocycles. The largest absolute Gasteiger partial charge is 0.489 e. The summed E-state index contributed by atoms with van der Waals surface area (Å²) in [6.45, 7) is 1.34. The van der Waals surface area contributed by atoms with Crippen LogP contribution in [0.15, 0.2) is 59.5 Å². The summed E-state index contributed by atoms with van der Waals surface area (Å²) in [4.78, 5) is 0.245. The predicted octanol–water partition coefficient (Wildman–Crippen LogP) is 2.72. The van der Waals surface area contributed by atoms with Crippen molar-refractivity contribution >= 4 is 10.0 Å². The van der Waals surface area contributed by atoms with E-state index in [0.29, 0.717) is 19.8 Å². The SMILES string of the molecule is O=S(=O)(NC[C@@H]1CCCO1)c1cccc(COc2ccccc2)c1. The number of rotatable bonds is 7. The lowest BCUT2D eigenvalue weighted by atomic mass is 10.2. The molecule has 1 aliphatic rings. The maximum Gasteiger partial charge on any atom is 0.240 e. The van der Waals surface area contributed by atoms with Crippen molar-refractivity contribution in [1.29, 1.82) is 0 Å².